The van der Waals surface area contributed by atoms with Crippen LogP contribution in [0.5, 0.6) is 0 Å². The molecular weight excluding hydrogens is 540 g/mol. The van der Waals surface area contributed by atoms with Crippen LogP contribution in [0.1, 0.15) is 78.1 Å². The number of hydrogen-bond donors (Lipinski definition) is 3. The van der Waals surface area contributed by atoms with E-state index in [0.717, 1.165) is 24.8 Å². The van der Waals surface area contributed by atoms with E-state index in [0.29, 0.717) is 51.6 Å². The first-order valence-electron chi connectivity index (χ1n) is 15.7. The summed E-state index contributed by atoms with van der Waals surface area (Å²) in [7, 11) is 1.58. The van der Waals surface area contributed by atoms with Crippen LogP contribution in [-0.4, -0.2) is 89.7 Å². The molecule has 4 saturated carbocycles. The zero-order valence-corrected chi connectivity index (χ0v) is 25.0. The van der Waals surface area contributed by atoms with E-state index in [2.05, 4.69) is 18.0 Å². The van der Waals surface area contributed by atoms with Crippen molar-refractivity contribution in [1.29, 1.82) is 5.26 Å². The molecule has 0 amide bonds. The van der Waals surface area contributed by atoms with Crippen molar-refractivity contribution >= 4 is 12.2 Å². The molecular formula is C32H46N2O8. The molecule has 1 saturated heterocycles. The Morgan fingerprint density at radius 1 is 1.17 bits per heavy atom. The minimum atomic E-state index is -1.10. The van der Waals surface area contributed by atoms with Crippen LogP contribution in [0.2, 0.25) is 0 Å². The van der Waals surface area contributed by atoms with Gasteiger partial charge in [0.15, 0.2) is 6.29 Å². The van der Waals surface area contributed by atoms with Crippen LogP contribution in [0.25, 0.3) is 0 Å². The number of rotatable bonds is 6. The van der Waals surface area contributed by atoms with Gasteiger partial charge in [-0.05, 0) is 81.6 Å². The van der Waals surface area contributed by atoms with Crippen LogP contribution in [0, 0.1) is 39.9 Å². The highest BCUT2D eigenvalue weighted by Gasteiger charge is 2.71. The number of fused-ring (bicyclic) bond motifs is 5. The number of methoxy groups -OCH3 is 1. The number of aliphatic hydroxyl groups is 3. The van der Waals surface area contributed by atoms with Crippen LogP contribution >= 0.6 is 0 Å². The molecule has 6 aliphatic rings. The number of hydrogen-bond acceptors (Lipinski definition) is 10. The summed E-state index contributed by atoms with van der Waals surface area (Å²) in [4.78, 5) is 16.4. The third-order valence-corrected chi connectivity index (χ3v) is 12.4. The van der Waals surface area contributed by atoms with Gasteiger partial charge in [-0.1, -0.05) is 6.92 Å². The van der Waals surface area contributed by atoms with E-state index in [1.807, 2.05) is 13.1 Å². The maximum absolute atomic E-state index is 12.6. The average molecular weight is 587 g/mol. The molecule has 0 unspecified atom stereocenters. The molecule has 3 N–H and O–H groups in total. The number of nitriles is 1. The molecule has 4 aliphatic carbocycles. The van der Waals surface area contributed by atoms with Crippen molar-refractivity contribution in [3.8, 4) is 6.07 Å². The Labute approximate surface area is 248 Å². The Morgan fingerprint density at radius 2 is 1.95 bits per heavy atom. The second-order valence-electron chi connectivity index (χ2n) is 14.0. The maximum atomic E-state index is 12.6. The van der Waals surface area contributed by atoms with Gasteiger partial charge in [0.05, 0.1) is 35.6 Å². The van der Waals surface area contributed by atoms with Gasteiger partial charge in [-0.25, -0.2) is 4.79 Å². The molecule has 5 fully saturated rings. The second kappa shape index (κ2) is 10.9. The van der Waals surface area contributed by atoms with Crippen LogP contribution in [-0.2, 0) is 23.7 Å². The zero-order valence-electron chi connectivity index (χ0n) is 25.0. The average Bonchev–Trinajstić information content (AvgIpc) is 3.50. The second-order valence-corrected chi connectivity index (χ2v) is 14.0. The smallest absolute Gasteiger partial charge is 0.331 e. The molecule has 0 bridgehead atoms. The van der Waals surface area contributed by atoms with Gasteiger partial charge < -0.3 is 34.3 Å². The van der Waals surface area contributed by atoms with Crippen LogP contribution in [0.3, 0.4) is 0 Å². The zero-order chi connectivity index (χ0) is 29.9. The number of esters is 1. The van der Waals surface area contributed by atoms with Crippen molar-refractivity contribution in [1.82, 2.24) is 0 Å². The number of carbonyl (C=O) groups is 1. The third-order valence-electron chi connectivity index (χ3n) is 12.4. The van der Waals surface area contributed by atoms with Gasteiger partial charge in [0.1, 0.15) is 19.3 Å². The molecule has 232 valence electrons. The summed E-state index contributed by atoms with van der Waals surface area (Å²) in [6.07, 6.45) is 7.57. The highest BCUT2D eigenvalue weighted by molar-refractivity contribution is 5.85. The molecule has 0 radical (unpaired) electrons. The van der Waals surface area contributed by atoms with Gasteiger partial charge in [0, 0.05) is 43.1 Å². The fourth-order valence-corrected chi connectivity index (χ4v) is 10.3. The van der Waals surface area contributed by atoms with E-state index in [9.17, 15) is 25.4 Å². The Bertz CT molecular complexity index is 1170. The summed E-state index contributed by atoms with van der Waals surface area (Å²) in [6.45, 7) is 4.32. The van der Waals surface area contributed by atoms with Crippen molar-refractivity contribution in [2.75, 3.05) is 20.3 Å². The Balaban J connectivity index is 1.26. The number of cyclic esters (lactones) is 1. The fourth-order valence-electron chi connectivity index (χ4n) is 10.3. The summed E-state index contributed by atoms with van der Waals surface area (Å²) in [5.74, 6) is -0.229. The van der Waals surface area contributed by atoms with E-state index >= 15 is 0 Å². The van der Waals surface area contributed by atoms with E-state index in [1.165, 1.54) is 0 Å². The molecule has 10 nitrogen and oxygen atoms in total. The SMILES string of the molecule is CO[C@H]1C[C@H](O[C@H]2CC[C@]3(C=NCC#N)[C@H]4CC[C@]5(C)[C@@H](C6=CC(=O)OC6)CC[C@]5(O)[C@@H]4CC[C@]3(O)C2)O[C@H](C)[C@H]1O. The first-order chi connectivity index (χ1) is 20.0. The summed E-state index contributed by atoms with van der Waals surface area (Å²) >= 11 is 0. The summed E-state index contributed by atoms with van der Waals surface area (Å²) < 4.78 is 23.1. The first-order valence-corrected chi connectivity index (χ1v) is 15.7. The topological polar surface area (TPSA) is 151 Å². The first kappa shape index (κ1) is 30.2. The van der Waals surface area contributed by atoms with Crippen LogP contribution < -0.4 is 0 Å². The number of nitrogens with zero attached hydrogens (tertiary/aromatic N) is 2. The molecule has 0 aromatic heterocycles. The number of aliphatic hydroxyl groups excluding tert-OH is 1. The van der Waals surface area contributed by atoms with E-state index in [1.54, 1.807) is 13.2 Å². The van der Waals surface area contributed by atoms with E-state index in [4.69, 9.17) is 18.9 Å². The van der Waals surface area contributed by atoms with Crippen molar-refractivity contribution in [2.45, 2.75) is 120 Å². The highest BCUT2D eigenvalue weighted by Crippen LogP contribution is 2.70. The molecule has 0 aromatic carbocycles. The lowest BCUT2D eigenvalue weighted by atomic mass is 9.41. The Kier molecular flexibility index (Phi) is 7.85. The number of ether oxygens (including phenoxy) is 4. The quantitative estimate of drug-likeness (QED) is 0.185. The lowest BCUT2D eigenvalue weighted by Crippen LogP contribution is -2.69. The fraction of sp³-hybridized carbons (Fsp3) is 0.844. The van der Waals surface area contributed by atoms with Crippen molar-refractivity contribution in [3.63, 3.8) is 0 Å². The Morgan fingerprint density at radius 3 is 2.67 bits per heavy atom. The van der Waals surface area contributed by atoms with Gasteiger partial charge in [-0.15, -0.1) is 0 Å². The maximum Gasteiger partial charge on any atom is 0.331 e. The normalized spacial score (nSPS) is 50.4. The van der Waals surface area contributed by atoms with E-state index in [-0.39, 0.29) is 47.9 Å². The molecule has 2 aliphatic heterocycles. The minimum Gasteiger partial charge on any atom is -0.458 e. The predicted molar refractivity (Wildman–Crippen MR) is 151 cm³/mol. The summed E-state index contributed by atoms with van der Waals surface area (Å²) in [6, 6.07) is 2.11. The number of carbonyl (C=O) groups excluding carboxylic acids is 1. The molecule has 0 spiro atoms. The van der Waals surface area contributed by atoms with Gasteiger partial charge in [-0.2, -0.15) is 5.26 Å². The van der Waals surface area contributed by atoms with Gasteiger partial charge in [0.2, 0.25) is 0 Å². The van der Waals surface area contributed by atoms with Crippen molar-refractivity contribution in [2.24, 2.45) is 33.6 Å². The molecule has 0 aromatic rings. The van der Waals surface area contributed by atoms with E-state index < -0.39 is 35.1 Å². The largest absolute Gasteiger partial charge is 0.458 e. The molecule has 2 heterocycles. The molecule has 6 rings (SSSR count). The van der Waals surface area contributed by atoms with Crippen LogP contribution in [0.15, 0.2) is 16.6 Å². The van der Waals surface area contributed by atoms with Crippen LogP contribution in [0.4, 0.5) is 0 Å². The lowest BCUT2D eigenvalue weighted by molar-refractivity contribution is -0.284. The standard InChI is InChI=1S/C32H46N2O8/c1-19-28(36)25(39-3)15-27(41-19)42-21-4-9-30(18-34-13-12-33)23-5-8-29(2)22(20-14-26(35)40-17-20)7-11-32(29,38)24(23)6-10-31(30,37)16-21/h14,18-19,21-25,27-28,36-38H,4-11,13,15-17H2,1-3H3/t19-,21+,22-,23+,24-,25+,27+,28-,29-,30+,31+,32+/m1/s1. The molecule has 12 atom stereocenters. The van der Waals surface area contributed by atoms with Crippen molar-refractivity contribution in [3.05, 3.63) is 11.6 Å². The third kappa shape index (κ3) is 4.50. The lowest BCUT2D eigenvalue weighted by Gasteiger charge is -2.66. The predicted octanol–water partition coefficient (Wildman–Crippen LogP) is 2.83. The highest BCUT2D eigenvalue weighted by atomic mass is 16.7. The molecule has 42 heavy (non-hydrogen) atoms. The van der Waals surface area contributed by atoms with Crippen molar-refractivity contribution < 1.29 is 39.1 Å². The monoisotopic (exact) mass is 586 g/mol. The van der Waals surface area contributed by atoms with Gasteiger partial charge >= 0.3 is 5.97 Å². The minimum absolute atomic E-state index is 0.00544. The number of aliphatic imine (C=N–C) groups is 1. The van der Waals surface area contributed by atoms with Gasteiger partial charge in [-0.3, -0.25) is 4.99 Å². The Hall–Kier alpha value is -1.87. The van der Waals surface area contributed by atoms with Gasteiger partial charge in [0.25, 0.3) is 0 Å². The summed E-state index contributed by atoms with van der Waals surface area (Å²) in [5.41, 5.74) is -2.10. The summed E-state index contributed by atoms with van der Waals surface area (Å²) in [5, 5.41) is 44.7. The molecule has 10 heteroatoms.